The summed E-state index contributed by atoms with van der Waals surface area (Å²) in [5.74, 6) is 1.34. The quantitative estimate of drug-likeness (QED) is 0.862. The molecule has 1 aliphatic heterocycles. The van der Waals surface area contributed by atoms with Gasteiger partial charge < -0.3 is 5.32 Å². The fourth-order valence-electron chi connectivity index (χ4n) is 3.39. The molecule has 1 nitrogen and oxygen atoms in total. The minimum atomic E-state index is 0.603. The Morgan fingerprint density at radius 1 is 1.14 bits per heavy atom. The molecule has 0 aromatic heterocycles. The van der Waals surface area contributed by atoms with E-state index in [1.54, 1.807) is 0 Å². The van der Waals surface area contributed by atoms with Crippen molar-refractivity contribution in [1.82, 2.24) is 5.32 Å². The molecule has 2 aromatic rings. The molecular formula is C19H25NS. The average molecular weight is 299 g/mol. The van der Waals surface area contributed by atoms with Crippen LogP contribution in [0.5, 0.6) is 0 Å². The van der Waals surface area contributed by atoms with E-state index in [1.165, 1.54) is 41.4 Å². The van der Waals surface area contributed by atoms with Crippen LogP contribution in [0.4, 0.5) is 0 Å². The molecule has 0 radical (unpaired) electrons. The largest absolute Gasteiger partial charge is 0.313 e. The Bertz CT molecular complexity index is 569. The number of fused-ring (bicyclic) bond motifs is 1. The van der Waals surface area contributed by atoms with Crippen molar-refractivity contribution in [3.63, 3.8) is 0 Å². The minimum Gasteiger partial charge on any atom is -0.313 e. The van der Waals surface area contributed by atoms with E-state index < -0.39 is 0 Å². The lowest BCUT2D eigenvalue weighted by Gasteiger charge is -2.31. The van der Waals surface area contributed by atoms with E-state index in [2.05, 4.69) is 66.5 Å². The van der Waals surface area contributed by atoms with E-state index >= 15 is 0 Å². The molecular weight excluding hydrogens is 274 g/mol. The average Bonchev–Trinajstić information content (AvgIpc) is 2.55. The number of hydrogen-bond donors (Lipinski definition) is 1. The fraction of sp³-hybridized carbons (Fsp3) is 0.474. The number of hydrogen-bond acceptors (Lipinski definition) is 2. The number of benzene rings is 2. The molecule has 0 spiro atoms. The molecule has 21 heavy (non-hydrogen) atoms. The third-order valence-corrected chi connectivity index (χ3v) is 5.97. The number of rotatable bonds is 5. The van der Waals surface area contributed by atoms with Gasteiger partial charge in [-0.2, -0.15) is 11.8 Å². The summed E-state index contributed by atoms with van der Waals surface area (Å²) in [5, 5.41) is 7.30. The molecule has 1 saturated heterocycles. The third-order valence-electron chi connectivity index (χ3n) is 4.45. The van der Waals surface area contributed by atoms with E-state index in [9.17, 15) is 0 Å². The van der Waals surface area contributed by atoms with Crippen LogP contribution in [0.25, 0.3) is 10.8 Å². The van der Waals surface area contributed by atoms with Crippen LogP contribution in [0.15, 0.2) is 42.5 Å². The fourth-order valence-corrected chi connectivity index (χ4v) is 4.82. The first kappa shape index (κ1) is 14.9. The summed E-state index contributed by atoms with van der Waals surface area (Å²) in [7, 11) is 0. The van der Waals surface area contributed by atoms with E-state index in [-0.39, 0.29) is 0 Å². The lowest BCUT2D eigenvalue weighted by Crippen LogP contribution is -2.41. The highest BCUT2D eigenvalue weighted by Gasteiger charge is 2.24. The second-order valence-corrected chi connectivity index (χ2v) is 7.26. The maximum absolute atomic E-state index is 3.74. The molecule has 2 unspecified atom stereocenters. The van der Waals surface area contributed by atoms with Crippen LogP contribution in [0.2, 0.25) is 0 Å². The van der Waals surface area contributed by atoms with Crippen LogP contribution in [-0.4, -0.2) is 23.6 Å². The van der Waals surface area contributed by atoms with E-state index in [1.807, 2.05) is 0 Å². The lowest BCUT2D eigenvalue weighted by atomic mass is 9.95. The van der Waals surface area contributed by atoms with Gasteiger partial charge >= 0.3 is 0 Å². The standard InChI is InChI=1S/C19H25NS/c1-2-20-18(19-12-5-6-13-21-19)14-16-10-7-9-15-8-3-4-11-17(15)16/h3-4,7-11,18-20H,2,5-6,12-14H2,1H3. The minimum absolute atomic E-state index is 0.603. The van der Waals surface area contributed by atoms with Gasteiger partial charge in [0.15, 0.2) is 0 Å². The summed E-state index contributed by atoms with van der Waals surface area (Å²) in [4.78, 5) is 0. The van der Waals surface area contributed by atoms with Crippen LogP contribution in [0.1, 0.15) is 31.7 Å². The van der Waals surface area contributed by atoms with E-state index in [4.69, 9.17) is 0 Å². The van der Waals surface area contributed by atoms with E-state index in [0.29, 0.717) is 6.04 Å². The number of nitrogens with one attached hydrogen (secondary N) is 1. The maximum Gasteiger partial charge on any atom is 0.0227 e. The van der Waals surface area contributed by atoms with Gasteiger partial charge in [-0.1, -0.05) is 55.8 Å². The molecule has 0 aliphatic carbocycles. The smallest absolute Gasteiger partial charge is 0.0227 e. The normalized spacial score (nSPS) is 20.5. The second-order valence-electron chi connectivity index (χ2n) is 5.91. The van der Waals surface area contributed by atoms with Gasteiger partial charge in [0, 0.05) is 11.3 Å². The summed E-state index contributed by atoms with van der Waals surface area (Å²) < 4.78 is 0. The molecule has 1 N–H and O–H groups in total. The van der Waals surface area contributed by atoms with Gasteiger partial charge in [0.1, 0.15) is 0 Å². The Morgan fingerprint density at radius 2 is 2.00 bits per heavy atom. The van der Waals surface area contributed by atoms with Crippen molar-refractivity contribution in [3.8, 4) is 0 Å². The Hall–Kier alpha value is -0.990. The zero-order valence-electron chi connectivity index (χ0n) is 12.8. The van der Waals surface area contributed by atoms with Gasteiger partial charge in [0.05, 0.1) is 0 Å². The van der Waals surface area contributed by atoms with Crippen molar-refractivity contribution in [2.75, 3.05) is 12.3 Å². The Labute approximate surface area is 132 Å². The first-order valence-corrected chi connectivity index (χ1v) is 9.25. The molecule has 2 heteroatoms. The van der Waals surface area contributed by atoms with Crippen LogP contribution in [-0.2, 0) is 6.42 Å². The molecule has 0 saturated carbocycles. The van der Waals surface area contributed by atoms with E-state index in [0.717, 1.165) is 18.2 Å². The van der Waals surface area contributed by atoms with Crippen molar-refractivity contribution in [2.24, 2.45) is 0 Å². The van der Waals surface area contributed by atoms with Gasteiger partial charge in [-0.15, -0.1) is 0 Å². The van der Waals surface area contributed by atoms with Crippen molar-refractivity contribution < 1.29 is 0 Å². The predicted molar refractivity (Wildman–Crippen MR) is 95.2 cm³/mol. The van der Waals surface area contributed by atoms with Gasteiger partial charge in [0.2, 0.25) is 0 Å². The topological polar surface area (TPSA) is 12.0 Å². The van der Waals surface area contributed by atoms with Crippen LogP contribution < -0.4 is 5.32 Å². The molecule has 3 rings (SSSR count). The molecule has 1 aliphatic rings. The Morgan fingerprint density at radius 3 is 2.81 bits per heavy atom. The predicted octanol–water partition coefficient (Wildman–Crippen LogP) is 4.65. The van der Waals surface area contributed by atoms with Crippen molar-refractivity contribution in [3.05, 3.63) is 48.0 Å². The molecule has 2 atom stereocenters. The van der Waals surface area contributed by atoms with Crippen molar-refractivity contribution >= 4 is 22.5 Å². The highest BCUT2D eigenvalue weighted by molar-refractivity contribution is 8.00. The lowest BCUT2D eigenvalue weighted by molar-refractivity contribution is 0.473. The summed E-state index contributed by atoms with van der Waals surface area (Å²) in [6.45, 7) is 3.29. The van der Waals surface area contributed by atoms with Crippen molar-refractivity contribution in [2.45, 2.75) is 43.9 Å². The maximum atomic E-state index is 3.74. The van der Waals surface area contributed by atoms with Gasteiger partial charge in [-0.3, -0.25) is 0 Å². The third kappa shape index (κ3) is 3.61. The SMILES string of the molecule is CCNC(Cc1cccc2ccccc12)C1CCCCS1. The number of thioether (sulfide) groups is 1. The highest BCUT2D eigenvalue weighted by atomic mass is 32.2. The summed E-state index contributed by atoms with van der Waals surface area (Å²) in [6.07, 6.45) is 5.31. The molecule has 1 heterocycles. The summed E-state index contributed by atoms with van der Waals surface area (Å²) >= 11 is 2.17. The summed E-state index contributed by atoms with van der Waals surface area (Å²) in [5.41, 5.74) is 1.49. The zero-order chi connectivity index (χ0) is 14.5. The number of likely N-dealkylation sites (N-methyl/N-ethyl adjacent to an activating group) is 1. The van der Waals surface area contributed by atoms with Gasteiger partial charge in [-0.25, -0.2) is 0 Å². The van der Waals surface area contributed by atoms with Crippen molar-refractivity contribution in [1.29, 1.82) is 0 Å². The zero-order valence-corrected chi connectivity index (χ0v) is 13.7. The van der Waals surface area contributed by atoms with Gasteiger partial charge in [-0.05, 0) is 47.9 Å². The Kier molecular flexibility index (Phi) is 5.21. The van der Waals surface area contributed by atoms with Crippen LogP contribution in [0, 0.1) is 0 Å². The Balaban J connectivity index is 1.83. The highest BCUT2D eigenvalue weighted by Crippen LogP contribution is 2.30. The molecule has 1 fully saturated rings. The monoisotopic (exact) mass is 299 g/mol. The van der Waals surface area contributed by atoms with Crippen LogP contribution >= 0.6 is 11.8 Å². The first-order valence-electron chi connectivity index (χ1n) is 8.20. The molecule has 2 aromatic carbocycles. The van der Waals surface area contributed by atoms with Gasteiger partial charge in [0.25, 0.3) is 0 Å². The first-order chi connectivity index (χ1) is 10.4. The molecule has 0 amide bonds. The molecule has 112 valence electrons. The molecule has 0 bridgehead atoms. The summed E-state index contributed by atoms with van der Waals surface area (Å²) in [6, 6.07) is 16.1. The van der Waals surface area contributed by atoms with Crippen LogP contribution in [0.3, 0.4) is 0 Å². The second kappa shape index (κ2) is 7.33.